The Labute approximate surface area is 141 Å². The Morgan fingerprint density at radius 2 is 1.91 bits per heavy atom. The van der Waals surface area contributed by atoms with Crippen molar-refractivity contribution < 1.29 is 4.74 Å². The van der Waals surface area contributed by atoms with Crippen LogP contribution in [0, 0.1) is 0 Å². The van der Waals surface area contributed by atoms with Crippen molar-refractivity contribution in [1.82, 2.24) is 0 Å². The normalized spacial score (nSPS) is 16.2. The molecule has 0 amide bonds. The molecule has 1 aromatic heterocycles. The fraction of sp³-hybridized carbons (Fsp3) is 0.333. The van der Waals surface area contributed by atoms with Crippen LogP contribution in [0.2, 0.25) is 0 Å². The first-order valence-electron chi connectivity index (χ1n) is 7.85. The molecule has 0 saturated carbocycles. The number of hydrogen-bond donors (Lipinski definition) is 2. The molecular weight excluding hydrogens is 306 g/mol. The number of benzene rings is 1. The van der Waals surface area contributed by atoms with Crippen molar-refractivity contribution >= 4 is 34.9 Å². The topological polar surface area (TPSA) is 64.5 Å². The highest BCUT2D eigenvalue weighted by Gasteiger charge is 2.18. The number of nitrogen functional groups attached to an aromatic ring is 1. The van der Waals surface area contributed by atoms with E-state index in [1.165, 1.54) is 11.3 Å². The van der Waals surface area contributed by atoms with Gasteiger partial charge in [0.15, 0.2) is 0 Å². The fourth-order valence-electron chi connectivity index (χ4n) is 2.84. The number of piperidine rings is 1. The van der Waals surface area contributed by atoms with E-state index in [4.69, 9.17) is 16.2 Å². The van der Waals surface area contributed by atoms with E-state index in [1.807, 2.05) is 11.4 Å². The molecule has 1 aromatic carbocycles. The summed E-state index contributed by atoms with van der Waals surface area (Å²) in [6, 6.07) is 6.52. The van der Waals surface area contributed by atoms with Crippen LogP contribution in [0.3, 0.4) is 0 Å². The summed E-state index contributed by atoms with van der Waals surface area (Å²) in [5.41, 5.74) is 16.3. The Kier molecular flexibility index (Phi) is 4.88. The number of methoxy groups -OCH3 is 1. The molecule has 23 heavy (non-hydrogen) atoms. The predicted octanol–water partition coefficient (Wildman–Crippen LogP) is 3.44. The standard InChI is InChI=1S/C18H23N3OS/c1-22-16-5-4-13(2-3-14-11-23-12-17(14)20)18(10-16)21-8-6-15(19)7-9-21/h2-5,10-12,15H,6-9,19-20H2,1H3/b3-2+. The van der Waals surface area contributed by atoms with Gasteiger partial charge in [0.1, 0.15) is 5.75 Å². The molecule has 1 aliphatic heterocycles. The van der Waals surface area contributed by atoms with Gasteiger partial charge in [0.05, 0.1) is 7.11 Å². The summed E-state index contributed by atoms with van der Waals surface area (Å²) in [7, 11) is 1.70. The Bertz CT molecular complexity index is 687. The minimum Gasteiger partial charge on any atom is -0.497 e. The van der Waals surface area contributed by atoms with Crippen LogP contribution >= 0.6 is 11.3 Å². The molecular formula is C18H23N3OS. The lowest BCUT2D eigenvalue weighted by Crippen LogP contribution is -2.39. The molecule has 4 nitrogen and oxygen atoms in total. The summed E-state index contributed by atoms with van der Waals surface area (Å²) in [6.07, 6.45) is 6.25. The van der Waals surface area contributed by atoms with Gasteiger partial charge in [0, 0.05) is 52.9 Å². The Hall–Kier alpha value is -1.98. The number of hydrogen-bond acceptors (Lipinski definition) is 5. The molecule has 1 fully saturated rings. The quantitative estimate of drug-likeness (QED) is 0.902. The molecule has 0 spiro atoms. The number of nitrogens with zero attached hydrogens (tertiary/aromatic N) is 1. The van der Waals surface area contributed by atoms with E-state index in [1.54, 1.807) is 18.4 Å². The van der Waals surface area contributed by atoms with Crippen LogP contribution in [0.4, 0.5) is 11.4 Å². The first-order chi connectivity index (χ1) is 11.2. The van der Waals surface area contributed by atoms with E-state index in [0.717, 1.165) is 42.9 Å². The van der Waals surface area contributed by atoms with Gasteiger partial charge in [0.25, 0.3) is 0 Å². The summed E-state index contributed by atoms with van der Waals surface area (Å²) < 4.78 is 5.40. The maximum absolute atomic E-state index is 6.03. The maximum Gasteiger partial charge on any atom is 0.120 e. The molecule has 5 heteroatoms. The highest BCUT2D eigenvalue weighted by molar-refractivity contribution is 7.08. The molecule has 122 valence electrons. The molecule has 1 saturated heterocycles. The van der Waals surface area contributed by atoms with E-state index >= 15 is 0 Å². The van der Waals surface area contributed by atoms with Crippen molar-refractivity contribution in [2.45, 2.75) is 18.9 Å². The smallest absolute Gasteiger partial charge is 0.120 e. The summed E-state index contributed by atoms with van der Waals surface area (Å²) in [5.74, 6) is 0.877. The average Bonchev–Trinajstić information content (AvgIpc) is 2.99. The lowest BCUT2D eigenvalue weighted by atomic mass is 10.0. The van der Waals surface area contributed by atoms with Crippen LogP contribution in [-0.4, -0.2) is 26.2 Å². The zero-order valence-corrected chi connectivity index (χ0v) is 14.2. The third-order valence-electron chi connectivity index (χ3n) is 4.28. The zero-order chi connectivity index (χ0) is 16.2. The highest BCUT2D eigenvalue weighted by atomic mass is 32.1. The van der Waals surface area contributed by atoms with E-state index in [0.29, 0.717) is 6.04 Å². The zero-order valence-electron chi connectivity index (χ0n) is 13.4. The third-order valence-corrected chi connectivity index (χ3v) is 5.06. The second kappa shape index (κ2) is 7.06. The summed E-state index contributed by atoms with van der Waals surface area (Å²) >= 11 is 1.62. The molecule has 2 aromatic rings. The molecule has 0 bridgehead atoms. The molecule has 4 N–H and O–H groups in total. The molecule has 0 radical (unpaired) electrons. The summed E-state index contributed by atoms with van der Waals surface area (Å²) in [4.78, 5) is 2.39. The van der Waals surface area contributed by atoms with Crippen LogP contribution in [-0.2, 0) is 0 Å². The highest BCUT2D eigenvalue weighted by Crippen LogP contribution is 2.30. The maximum atomic E-state index is 6.03. The van der Waals surface area contributed by atoms with Crippen molar-refractivity contribution in [3.63, 3.8) is 0 Å². The van der Waals surface area contributed by atoms with Gasteiger partial charge < -0.3 is 21.1 Å². The summed E-state index contributed by atoms with van der Waals surface area (Å²) in [5, 5.41) is 4.02. The fourth-order valence-corrected chi connectivity index (χ4v) is 3.55. The molecule has 3 rings (SSSR count). The van der Waals surface area contributed by atoms with Crippen LogP contribution in [0.15, 0.2) is 29.0 Å². The molecule has 0 atom stereocenters. The SMILES string of the molecule is COc1ccc(/C=C/c2cscc2N)c(N2CCC(N)CC2)c1. The number of ether oxygens (including phenoxy) is 1. The number of thiophene rings is 1. The van der Waals surface area contributed by atoms with Gasteiger partial charge >= 0.3 is 0 Å². The molecule has 0 unspecified atom stereocenters. The predicted molar refractivity (Wildman–Crippen MR) is 100 cm³/mol. The minimum atomic E-state index is 0.321. The van der Waals surface area contributed by atoms with Gasteiger partial charge in [-0.05, 0) is 30.5 Å². The van der Waals surface area contributed by atoms with E-state index in [2.05, 4.69) is 34.6 Å². The molecule has 0 aliphatic carbocycles. The summed E-state index contributed by atoms with van der Waals surface area (Å²) in [6.45, 7) is 1.96. The van der Waals surface area contributed by atoms with Crippen molar-refractivity contribution in [2.24, 2.45) is 5.73 Å². The molecule has 1 aliphatic rings. The average molecular weight is 329 g/mol. The largest absolute Gasteiger partial charge is 0.497 e. The van der Waals surface area contributed by atoms with Gasteiger partial charge in [-0.15, -0.1) is 11.3 Å². The third kappa shape index (κ3) is 3.68. The van der Waals surface area contributed by atoms with E-state index in [-0.39, 0.29) is 0 Å². The van der Waals surface area contributed by atoms with Gasteiger partial charge in [-0.1, -0.05) is 12.2 Å². The van der Waals surface area contributed by atoms with Crippen molar-refractivity contribution in [3.8, 4) is 5.75 Å². The van der Waals surface area contributed by atoms with Crippen LogP contribution < -0.4 is 21.1 Å². The second-order valence-electron chi connectivity index (χ2n) is 5.87. The van der Waals surface area contributed by atoms with Crippen LogP contribution in [0.1, 0.15) is 24.0 Å². The number of nitrogens with two attached hydrogens (primary N) is 2. The van der Waals surface area contributed by atoms with Gasteiger partial charge in [-0.3, -0.25) is 0 Å². The second-order valence-corrected chi connectivity index (χ2v) is 6.61. The lowest BCUT2D eigenvalue weighted by Gasteiger charge is -2.33. The number of rotatable bonds is 4. The Morgan fingerprint density at radius 1 is 1.17 bits per heavy atom. The van der Waals surface area contributed by atoms with Gasteiger partial charge in [0.2, 0.25) is 0 Å². The number of anilines is 2. The van der Waals surface area contributed by atoms with E-state index in [9.17, 15) is 0 Å². The van der Waals surface area contributed by atoms with Crippen LogP contribution in [0.5, 0.6) is 5.75 Å². The van der Waals surface area contributed by atoms with Crippen molar-refractivity contribution in [3.05, 3.63) is 40.1 Å². The monoisotopic (exact) mass is 329 g/mol. The first kappa shape index (κ1) is 15.9. The minimum absolute atomic E-state index is 0.321. The Balaban J connectivity index is 1.89. The first-order valence-corrected chi connectivity index (χ1v) is 8.80. The van der Waals surface area contributed by atoms with Crippen molar-refractivity contribution in [1.29, 1.82) is 0 Å². The lowest BCUT2D eigenvalue weighted by molar-refractivity contribution is 0.414. The Morgan fingerprint density at radius 3 is 2.57 bits per heavy atom. The van der Waals surface area contributed by atoms with Crippen molar-refractivity contribution in [2.75, 3.05) is 30.8 Å². The molecule has 2 heterocycles. The van der Waals surface area contributed by atoms with Gasteiger partial charge in [-0.25, -0.2) is 0 Å². The van der Waals surface area contributed by atoms with Crippen LogP contribution in [0.25, 0.3) is 12.2 Å². The van der Waals surface area contributed by atoms with E-state index < -0.39 is 0 Å². The van der Waals surface area contributed by atoms with Gasteiger partial charge in [-0.2, -0.15) is 0 Å².